The van der Waals surface area contributed by atoms with Gasteiger partial charge in [0.2, 0.25) is 5.91 Å². The quantitative estimate of drug-likeness (QED) is 0.574. The van der Waals surface area contributed by atoms with E-state index in [1.807, 2.05) is 0 Å². The summed E-state index contributed by atoms with van der Waals surface area (Å²) >= 11 is 0. The van der Waals surface area contributed by atoms with Gasteiger partial charge < -0.3 is 15.2 Å². The summed E-state index contributed by atoms with van der Waals surface area (Å²) in [5, 5.41) is 12.3. The molecular weight excluding hydrogens is 428 g/mol. The first-order valence-corrected chi connectivity index (χ1v) is 9.65. The number of hydrogen-bond acceptors (Lipinski definition) is 4. The van der Waals surface area contributed by atoms with Crippen LogP contribution in [-0.4, -0.2) is 29.2 Å². The number of benzene rings is 2. The third-order valence-electron chi connectivity index (χ3n) is 5.43. The third-order valence-corrected chi connectivity index (χ3v) is 5.43. The average molecular weight is 446 g/mol. The van der Waals surface area contributed by atoms with E-state index in [4.69, 9.17) is 4.74 Å². The zero-order valence-electron chi connectivity index (χ0n) is 16.6. The predicted molar refractivity (Wildman–Crippen MR) is 108 cm³/mol. The van der Waals surface area contributed by atoms with Gasteiger partial charge in [0.05, 0.1) is 31.1 Å². The number of rotatable bonds is 5. The number of hydrogen-bond donors (Lipinski definition) is 2. The second-order valence-electron chi connectivity index (χ2n) is 7.50. The fourth-order valence-electron chi connectivity index (χ4n) is 3.51. The number of halogens is 4. The molecule has 0 bridgehead atoms. The lowest BCUT2D eigenvalue weighted by Gasteiger charge is -2.40. The summed E-state index contributed by atoms with van der Waals surface area (Å²) in [6, 6.07) is 11.7. The van der Waals surface area contributed by atoms with E-state index < -0.39 is 29.6 Å². The van der Waals surface area contributed by atoms with Gasteiger partial charge >= 0.3 is 6.18 Å². The molecule has 1 saturated heterocycles. The van der Waals surface area contributed by atoms with Crippen LogP contribution < -0.4 is 5.32 Å². The number of alkyl halides is 3. The van der Waals surface area contributed by atoms with Crippen molar-refractivity contribution < 1.29 is 32.2 Å². The second-order valence-corrected chi connectivity index (χ2v) is 7.50. The topological polar surface area (TPSA) is 71.5 Å². The highest BCUT2D eigenvalue weighted by atomic mass is 19.4. The summed E-state index contributed by atoms with van der Waals surface area (Å²) in [7, 11) is 0. The molecule has 3 aromatic rings. The van der Waals surface area contributed by atoms with Crippen molar-refractivity contribution in [2.45, 2.75) is 18.2 Å². The SMILES string of the molecule is O=C(Nc1ccc(F)cc1)C1(c2ccc(-c3ccc(C(F)(F)F)cc3CO)nc2)COC1. The van der Waals surface area contributed by atoms with E-state index in [-0.39, 0.29) is 24.7 Å². The first-order valence-electron chi connectivity index (χ1n) is 9.65. The van der Waals surface area contributed by atoms with Crippen molar-refractivity contribution in [3.63, 3.8) is 0 Å². The molecule has 2 N–H and O–H groups in total. The zero-order valence-corrected chi connectivity index (χ0v) is 16.6. The zero-order chi connectivity index (χ0) is 22.9. The fourth-order valence-corrected chi connectivity index (χ4v) is 3.51. The van der Waals surface area contributed by atoms with Crippen LogP contribution in [0.2, 0.25) is 0 Å². The Bertz CT molecular complexity index is 1130. The van der Waals surface area contributed by atoms with Crippen LogP contribution in [0, 0.1) is 5.82 Å². The summed E-state index contributed by atoms with van der Waals surface area (Å²) in [6.45, 7) is -0.326. The molecule has 2 heterocycles. The number of carbonyl (C=O) groups is 1. The number of amides is 1. The first-order chi connectivity index (χ1) is 15.2. The molecule has 32 heavy (non-hydrogen) atoms. The molecule has 0 aliphatic carbocycles. The third kappa shape index (κ3) is 4.09. The maximum atomic E-state index is 13.1. The molecule has 1 fully saturated rings. The molecule has 5 nitrogen and oxygen atoms in total. The number of anilines is 1. The van der Waals surface area contributed by atoms with Crippen molar-refractivity contribution in [2.75, 3.05) is 18.5 Å². The Morgan fingerprint density at radius 2 is 1.81 bits per heavy atom. The van der Waals surface area contributed by atoms with Gasteiger partial charge in [0.1, 0.15) is 11.2 Å². The Balaban J connectivity index is 1.60. The van der Waals surface area contributed by atoms with Crippen molar-refractivity contribution in [1.29, 1.82) is 0 Å². The van der Waals surface area contributed by atoms with Crippen molar-refractivity contribution >= 4 is 11.6 Å². The molecule has 1 aliphatic heterocycles. The molecule has 1 aromatic heterocycles. The van der Waals surface area contributed by atoms with Crippen LogP contribution >= 0.6 is 0 Å². The van der Waals surface area contributed by atoms with Crippen LogP contribution in [0.15, 0.2) is 60.8 Å². The van der Waals surface area contributed by atoms with Gasteiger partial charge in [0, 0.05) is 17.4 Å². The van der Waals surface area contributed by atoms with Crippen LogP contribution in [0.25, 0.3) is 11.3 Å². The Hall–Kier alpha value is -3.30. The van der Waals surface area contributed by atoms with Gasteiger partial charge in [-0.25, -0.2) is 4.39 Å². The lowest BCUT2D eigenvalue weighted by Crippen LogP contribution is -2.55. The monoisotopic (exact) mass is 446 g/mol. The molecule has 4 rings (SSSR count). The van der Waals surface area contributed by atoms with Gasteiger partial charge in [-0.2, -0.15) is 13.2 Å². The number of nitrogens with one attached hydrogen (secondary N) is 1. The van der Waals surface area contributed by atoms with Crippen molar-refractivity contribution in [3.05, 3.63) is 83.3 Å². The van der Waals surface area contributed by atoms with Crippen LogP contribution in [0.3, 0.4) is 0 Å². The highest BCUT2D eigenvalue weighted by Crippen LogP contribution is 2.36. The maximum absolute atomic E-state index is 13.1. The van der Waals surface area contributed by atoms with E-state index in [1.165, 1.54) is 36.5 Å². The molecule has 9 heteroatoms. The van der Waals surface area contributed by atoms with E-state index in [0.717, 1.165) is 12.1 Å². The largest absolute Gasteiger partial charge is 0.416 e. The number of nitrogens with zero attached hydrogens (tertiary/aromatic N) is 1. The number of aliphatic hydroxyl groups excluding tert-OH is 1. The highest BCUT2D eigenvalue weighted by molar-refractivity contribution is 6.00. The number of aliphatic hydroxyl groups is 1. The molecule has 0 unspecified atom stereocenters. The standard InChI is InChI=1S/C23H18F4N2O3/c24-17-3-5-18(6-4-17)29-21(31)22(12-32-13-22)16-2-8-20(28-10-16)19-7-1-15(23(25,26)27)9-14(19)11-30/h1-10,30H,11-13H2,(H,29,31). The summed E-state index contributed by atoms with van der Waals surface area (Å²) in [5.74, 6) is -0.759. The molecule has 166 valence electrons. The smallest absolute Gasteiger partial charge is 0.392 e. The molecule has 0 saturated carbocycles. The van der Waals surface area contributed by atoms with Gasteiger partial charge in [-0.3, -0.25) is 9.78 Å². The highest BCUT2D eigenvalue weighted by Gasteiger charge is 2.48. The number of ether oxygens (including phenoxy) is 1. The van der Waals surface area contributed by atoms with Gasteiger partial charge in [-0.15, -0.1) is 0 Å². The van der Waals surface area contributed by atoms with Crippen LogP contribution in [0.1, 0.15) is 16.7 Å². The Labute approximate surface area is 180 Å². The Morgan fingerprint density at radius 1 is 1.09 bits per heavy atom. The van der Waals surface area contributed by atoms with E-state index >= 15 is 0 Å². The minimum Gasteiger partial charge on any atom is -0.392 e. The maximum Gasteiger partial charge on any atom is 0.416 e. The van der Waals surface area contributed by atoms with Crippen LogP contribution in [0.4, 0.5) is 23.2 Å². The minimum absolute atomic E-state index is 0.0934. The van der Waals surface area contributed by atoms with Crippen LogP contribution in [-0.2, 0) is 27.7 Å². The number of pyridine rings is 1. The van der Waals surface area contributed by atoms with Crippen LogP contribution in [0.5, 0.6) is 0 Å². The summed E-state index contributed by atoms with van der Waals surface area (Å²) in [5.41, 5.74) is -0.0163. The van der Waals surface area contributed by atoms with Crippen molar-refractivity contribution in [2.24, 2.45) is 0 Å². The average Bonchev–Trinajstić information content (AvgIpc) is 2.74. The molecule has 0 radical (unpaired) electrons. The molecule has 1 amide bonds. The fraction of sp³-hybridized carbons (Fsp3) is 0.217. The molecule has 0 spiro atoms. The predicted octanol–water partition coefficient (Wildman–Crippen LogP) is 4.31. The van der Waals surface area contributed by atoms with Gasteiger partial charge in [-0.1, -0.05) is 12.1 Å². The van der Waals surface area contributed by atoms with Crippen molar-refractivity contribution in [1.82, 2.24) is 4.98 Å². The van der Waals surface area contributed by atoms with E-state index in [2.05, 4.69) is 10.3 Å². The molecule has 0 atom stereocenters. The minimum atomic E-state index is -4.52. The lowest BCUT2D eigenvalue weighted by atomic mass is 9.78. The molecule has 2 aromatic carbocycles. The second kappa shape index (κ2) is 8.33. The molecular formula is C23H18F4N2O3. The van der Waals surface area contributed by atoms with E-state index in [0.29, 0.717) is 22.5 Å². The van der Waals surface area contributed by atoms with E-state index in [1.54, 1.807) is 12.1 Å². The Morgan fingerprint density at radius 3 is 2.34 bits per heavy atom. The Kier molecular flexibility index (Phi) is 5.70. The number of aromatic nitrogens is 1. The molecule has 1 aliphatic rings. The van der Waals surface area contributed by atoms with Gasteiger partial charge in [0.15, 0.2) is 0 Å². The normalized spacial score (nSPS) is 15.2. The first kappa shape index (κ1) is 21.9. The summed E-state index contributed by atoms with van der Waals surface area (Å²) < 4.78 is 57.2. The van der Waals surface area contributed by atoms with Gasteiger partial charge in [-0.05, 0) is 53.6 Å². The van der Waals surface area contributed by atoms with Gasteiger partial charge in [0.25, 0.3) is 0 Å². The number of carbonyl (C=O) groups excluding carboxylic acids is 1. The van der Waals surface area contributed by atoms with Crippen molar-refractivity contribution in [3.8, 4) is 11.3 Å². The lowest BCUT2D eigenvalue weighted by molar-refractivity contribution is -0.139. The summed E-state index contributed by atoms with van der Waals surface area (Å²) in [4.78, 5) is 17.3. The van der Waals surface area contributed by atoms with E-state index in [9.17, 15) is 27.5 Å². The summed E-state index contributed by atoms with van der Waals surface area (Å²) in [6.07, 6.45) is -3.05.